The summed E-state index contributed by atoms with van der Waals surface area (Å²) >= 11 is 6.96. The summed E-state index contributed by atoms with van der Waals surface area (Å²) in [6, 6.07) is 15.1. The van der Waals surface area contributed by atoms with Gasteiger partial charge in [-0.05, 0) is 72.6 Å². The van der Waals surface area contributed by atoms with Crippen molar-refractivity contribution >= 4 is 49.2 Å². The third-order valence-electron chi connectivity index (χ3n) is 6.51. The van der Waals surface area contributed by atoms with Crippen LogP contribution in [0.1, 0.15) is 11.3 Å². The van der Waals surface area contributed by atoms with Gasteiger partial charge in [0.15, 0.2) is 6.61 Å². The van der Waals surface area contributed by atoms with Crippen molar-refractivity contribution in [2.45, 2.75) is 18.0 Å². The van der Waals surface area contributed by atoms with E-state index in [1.165, 1.54) is 36.4 Å². The van der Waals surface area contributed by atoms with Gasteiger partial charge in [0, 0.05) is 29.1 Å². The Morgan fingerprint density at radius 1 is 1.07 bits per heavy atom. The lowest BCUT2D eigenvalue weighted by atomic mass is 10.0. The second kappa shape index (κ2) is 11.6. The Morgan fingerprint density at radius 3 is 2.52 bits per heavy atom. The van der Waals surface area contributed by atoms with E-state index in [0.717, 1.165) is 24.1 Å². The number of carbonyl (C=O) groups is 1. The highest BCUT2D eigenvalue weighted by Crippen LogP contribution is 2.35. The van der Waals surface area contributed by atoms with Crippen LogP contribution in [0.2, 0.25) is 5.02 Å². The molecule has 44 heavy (non-hydrogen) atoms. The first-order chi connectivity index (χ1) is 20.7. The molecule has 0 aliphatic heterocycles. The molecular weight excluding hydrogens is 645 g/mol. The number of nitrogens with one attached hydrogen (secondary N) is 1. The zero-order chi connectivity index (χ0) is 32.0. The van der Waals surface area contributed by atoms with Gasteiger partial charge in [0.1, 0.15) is 11.4 Å². The number of nitrogens with zero attached hydrogens (tertiary/aromatic N) is 3. The molecule has 5 rings (SSSR count). The molecule has 0 aliphatic carbocycles. The molecule has 10 nitrogen and oxygen atoms in total. The molecule has 0 bridgehead atoms. The lowest BCUT2D eigenvalue weighted by molar-refractivity contribution is -0.144. The van der Waals surface area contributed by atoms with Crippen molar-refractivity contribution in [2.75, 3.05) is 6.61 Å². The van der Waals surface area contributed by atoms with E-state index in [4.69, 9.17) is 16.3 Å². The highest BCUT2D eigenvalue weighted by molar-refractivity contribution is 7.90. The van der Waals surface area contributed by atoms with Gasteiger partial charge >= 0.3 is 11.9 Å². The second-order valence-electron chi connectivity index (χ2n) is 9.51. The summed E-state index contributed by atoms with van der Waals surface area (Å²) in [4.78, 5) is 37.7. The Kier molecular flexibility index (Phi) is 8.13. The maximum atomic E-state index is 13.3. The minimum Gasteiger partial charge on any atom is -0.484 e. The molecule has 228 valence electrons. The number of amides is 1. The van der Waals surface area contributed by atoms with Crippen LogP contribution < -0.4 is 20.7 Å². The maximum Gasteiger partial charge on any atom is 0.431 e. The number of fused-ring (bicyclic) bond motifs is 1. The van der Waals surface area contributed by atoms with E-state index < -0.39 is 45.7 Å². The van der Waals surface area contributed by atoms with E-state index in [0.29, 0.717) is 36.5 Å². The predicted molar refractivity (Wildman–Crippen MR) is 158 cm³/mol. The fraction of sp³-hybridized carbons (Fsp3) is 0.143. The normalized spacial score (nSPS) is 12.0. The molecule has 16 heteroatoms. The van der Waals surface area contributed by atoms with Gasteiger partial charge in [0.2, 0.25) is 0 Å². The van der Waals surface area contributed by atoms with Crippen LogP contribution in [0.5, 0.6) is 5.75 Å². The number of aryl methyl sites for hydroxylation is 1. The number of hydrogen-bond acceptors (Lipinski definition) is 8. The summed E-state index contributed by atoms with van der Waals surface area (Å²) in [5.41, 5.74) is -1.91. The number of rotatable bonds is 7. The molecule has 0 saturated carbocycles. The van der Waals surface area contributed by atoms with Gasteiger partial charge in [-0.15, -0.1) is 0 Å². The zero-order valence-electron chi connectivity index (χ0n) is 22.7. The first kappa shape index (κ1) is 31.0. The molecule has 1 amide bonds. The van der Waals surface area contributed by atoms with Crippen LogP contribution in [0.3, 0.4) is 0 Å². The average Bonchev–Trinajstić information content (AvgIpc) is 3.37. The Morgan fingerprint density at radius 2 is 1.82 bits per heavy atom. The molecule has 0 saturated heterocycles. The van der Waals surface area contributed by atoms with E-state index in [2.05, 4.69) is 4.37 Å². The third-order valence-corrected chi connectivity index (χ3v) is 8.94. The lowest BCUT2D eigenvalue weighted by Gasteiger charge is -2.14. The highest BCUT2D eigenvalue weighted by atomic mass is 35.5. The molecule has 0 aliphatic rings. The van der Waals surface area contributed by atoms with Gasteiger partial charge in [0.05, 0.1) is 21.0 Å². The topological polar surface area (TPSA) is 129 Å². The quantitative estimate of drug-likeness (QED) is 0.268. The maximum absolute atomic E-state index is 13.3. The number of alkyl halides is 3. The standard InChI is InChI=1S/C28H20ClF3N4O6S2/c1-15-6-8-18(42-14-24(37)34-44(40,41)19-5-3-4-16(29)10-19)12-20(15)26-21-11-17(7-9-22(21)43-33-26)36-25(38)13-23(28(30,31)32)35(2)27(36)39/h3-13H,14H2,1-2H3,(H,34,37). The predicted octanol–water partition coefficient (Wildman–Crippen LogP) is 4.68. The number of benzene rings is 3. The van der Waals surface area contributed by atoms with Gasteiger partial charge in [-0.25, -0.2) is 22.5 Å². The molecule has 5 aromatic rings. The fourth-order valence-electron chi connectivity index (χ4n) is 4.36. The number of hydrogen-bond donors (Lipinski definition) is 1. The van der Waals surface area contributed by atoms with Crippen molar-refractivity contribution in [1.82, 2.24) is 18.2 Å². The van der Waals surface area contributed by atoms with Crippen molar-refractivity contribution in [1.29, 1.82) is 0 Å². The van der Waals surface area contributed by atoms with Crippen LogP contribution in [-0.2, 0) is 28.0 Å². The third kappa shape index (κ3) is 6.11. The van der Waals surface area contributed by atoms with Crippen LogP contribution >= 0.6 is 23.1 Å². The number of aromatic nitrogens is 3. The molecule has 0 fully saturated rings. The van der Waals surface area contributed by atoms with E-state index in [1.54, 1.807) is 31.2 Å². The fourth-order valence-corrected chi connectivity index (χ4v) is 6.40. The Balaban J connectivity index is 1.44. The van der Waals surface area contributed by atoms with Crippen LogP contribution in [0.4, 0.5) is 13.2 Å². The molecule has 0 spiro atoms. The first-order valence-electron chi connectivity index (χ1n) is 12.5. The molecular formula is C28H20ClF3N4O6S2. The second-order valence-corrected chi connectivity index (χ2v) is 12.4. The Bertz CT molecular complexity index is 2180. The van der Waals surface area contributed by atoms with Gasteiger partial charge in [0.25, 0.3) is 21.5 Å². The molecule has 3 aromatic carbocycles. The Hall–Kier alpha value is -4.47. The molecule has 0 radical (unpaired) electrons. The molecule has 2 heterocycles. The highest BCUT2D eigenvalue weighted by Gasteiger charge is 2.35. The summed E-state index contributed by atoms with van der Waals surface area (Å²) in [6.07, 6.45) is -4.89. The Labute approximate surface area is 256 Å². The largest absolute Gasteiger partial charge is 0.484 e. The summed E-state index contributed by atoms with van der Waals surface area (Å²) in [6.45, 7) is 1.15. The summed E-state index contributed by atoms with van der Waals surface area (Å²) < 4.78 is 78.5. The minimum absolute atomic E-state index is 0.0425. The lowest BCUT2D eigenvalue weighted by Crippen LogP contribution is -2.40. The summed E-state index contributed by atoms with van der Waals surface area (Å²) in [5, 5.41) is 0.686. The molecule has 0 atom stereocenters. The van der Waals surface area contributed by atoms with Gasteiger partial charge < -0.3 is 4.74 Å². The van der Waals surface area contributed by atoms with Crippen LogP contribution in [0.15, 0.2) is 81.2 Å². The van der Waals surface area contributed by atoms with Gasteiger partial charge in [-0.3, -0.25) is 14.2 Å². The van der Waals surface area contributed by atoms with E-state index in [9.17, 15) is 36.0 Å². The molecule has 2 aromatic heterocycles. The number of sulfonamides is 1. The van der Waals surface area contributed by atoms with Crippen molar-refractivity contribution in [3.8, 4) is 22.7 Å². The molecule has 1 N–H and O–H groups in total. The summed E-state index contributed by atoms with van der Waals surface area (Å²) in [7, 11) is -3.25. The first-order valence-corrected chi connectivity index (χ1v) is 15.1. The van der Waals surface area contributed by atoms with Gasteiger partial charge in [-0.2, -0.15) is 17.5 Å². The van der Waals surface area contributed by atoms with Crippen molar-refractivity contribution in [3.05, 3.63) is 104 Å². The van der Waals surface area contributed by atoms with Crippen molar-refractivity contribution < 1.29 is 31.1 Å². The van der Waals surface area contributed by atoms with E-state index in [-0.39, 0.29) is 21.4 Å². The average molecular weight is 665 g/mol. The number of ether oxygens (including phenoxy) is 1. The van der Waals surface area contributed by atoms with Crippen LogP contribution in [0.25, 0.3) is 27.0 Å². The summed E-state index contributed by atoms with van der Waals surface area (Å²) in [5.74, 6) is -0.717. The van der Waals surface area contributed by atoms with Crippen LogP contribution in [0, 0.1) is 6.92 Å². The van der Waals surface area contributed by atoms with Crippen molar-refractivity contribution in [3.63, 3.8) is 0 Å². The van der Waals surface area contributed by atoms with Crippen LogP contribution in [-0.4, -0.2) is 34.4 Å². The number of carbonyl (C=O) groups excluding carboxylic acids is 1. The number of halogens is 4. The SMILES string of the molecule is Cc1ccc(OCC(=O)NS(=O)(=O)c2cccc(Cl)c2)cc1-c1nsc2ccc(-n3c(=O)cc(C(F)(F)F)n(C)c3=O)cc12. The smallest absolute Gasteiger partial charge is 0.431 e. The zero-order valence-corrected chi connectivity index (χ0v) is 25.1. The minimum atomic E-state index is -4.89. The molecule has 0 unspecified atom stereocenters. The van der Waals surface area contributed by atoms with Gasteiger partial charge in [-0.1, -0.05) is 23.7 Å². The monoisotopic (exact) mass is 664 g/mol. The van der Waals surface area contributed by atoms with Crippen molar-refractivity contribution in [2.24, 2.45) is 7.05 Å². The van der Waals surface area contributed by atoms with E-state index >= 15 is 0 Å². The van der Waals surface area contributed by atoms with E-state index in [1.807, 2.05) is 4.72 Å².